The Kier molecular flexibility index (Phi) is 3.98. The summed E-state index contributed by atoms with van der Waals surface area (Å²) in [5.74, 6) is 1.34. The molecule has 1 nitrogen and oxygen atoms in total. The number of hydrogen-bond acceptors (Lipinski definition) is 1. The van der Waals surface area contributed by atoms with Gasteiger partial charge in [0.05, 0.1) is 0 Å². The molecule has 0 bridgehead atoms. The fourth-order valence-electron chi connectivity index (χ4n) is 2.81. The van der Waals surface area contributed by atoms with Gasteiger partial charge in [0.1, 0.15) is 0 Å². The van der Waals surface area contributed by atoms with Gasteiger partial charge in [-0.05, 0) is 48.9 Å². The molecule has 0 aliphatic carbocycles. The van der Waals surface area contributed by atoms with Crippen LogP contribution in [0.2, 0.25) is 0 Å². The number of anilines is 1. The number of hydrogen-bond donors (Lipinski definition) is 0. The van der Waals surface area contributed by atoms with E-state index in [-0.39, 0.29) is 0 Å². The lowest BCUT2D eigenvalue weighted by Gasteiger charge is -2.30. The van der Waals surface area contributed by atoms with Gasteiger partial charge in [-0.1, -0.05) is 19.9 Å². The van der Waals surface area contributed by atoms with Crippen molar-refractivity contribution in [3.05, 3.63) is 29.3 Å². The number of aryl methyl sites for hydroxylation is 1. The molecule has 1 saturated heterocycles. The molecule has 1 aromatic rings. The molecule has 0 N–H and O–H groups in total. The van der Waals surface area contributed by atoms with Crippen LogP contribution >= 0.6 is 11.6 Å². The normalized spacial score (nSPS) is 20.3. The first-order valence-electron chi connectivity index (χ1n) is 6.55. The molecule has 0 spiro atoms. The van der Waals surface area contributed by atoms with Crippen LogP contribution in [0.15, 0.2) is 18.2 Å². The Balaban J connectivity index is 2.24. The standard InChI is InChI=1S/C15H22ClN/c1-11(2)15-5-4-8-17(15)14-7-6-13(10-16)12(3)9-14/h6-7,9,11,15H,4-5,8,10H2,1-3H3. The van der Waals surface area contributed by atoms with E-state index in [0.29, 0.717) is 11.9 Å². The average molecular weight is 252 g/mol. The molecule has 1 aliphatic rings. The predicted octanol–water partition coefficient (Wildman–Crippen LogP) is 4.36. The molecule has 2 rings (SSSR count). The van der Waals surface area contributed by atoms with E-state index in [4.69, 9.17) is 11.6 Å². The summed E-state index contributed by atoms with van der Waals surface area (Å²) >= 11 is 5.91. The maximum absolute atomic E-state index is 5.91. The molecule has 94 valence electrons. The first-order valence-corrected chi connectivity index (χ1v) is 7.09. The zero-order valence-corrected chi connectivity index (χ0v) is 11.8. The van der Waals surface area contributed by atoms with Crippen LogP contribution in [0, 0.1) is 12.8 Å². The van der Waals surface area contributed by atoms with Gasteiger partial charge >= 0.3 is 0 Å². The van der Waals surface area contributed by atoms with Crippen molar-refractivity contribution < 1.29 is 0 Å². The molecule has 1 heterocycles. The monoisotopic (exact) mass is 251 g/mol. The third-order valence-corrected chi connectivity index (χ3v) is 4.16. The van der Waals surface area contributed by atoms with Gasteiger partial charge in [0.25, 0.3) is 0 Å². The Morgan fingerprint density at radius 3 is 2.76 bits per heavy atom. The van der Waals surface area contributed by atoms with E-state index in [9.17, 15) is 0 Å². The Bertz CT molecular complexity index is 387. The summed E-state index contributed by atoms with van der Waals surface area (Å²) in [6.07, 6.45) is 2.65. The van der Waals surface area contributed by atoms with Crippen LogP contribution in [0.25, 0.3) is 0 Å². The van der Waals surface area contributed by atoms with Gasteiger partial charge in [0.15, 0.2) is 0 Å². The highest BCUT2D eigenvalue weighted by atomic mass is 35.5. The van der Waals surface area contributed by atoms with Crippen LogP contribution in [-0.2, 0) is 5.88 Å². The fraction of sp³-hybridized carbons (Fsp3) is 0.600. The lowest BCUT2D eigenvalue weighted by molar-refractivity contribution is 0.492. The highest BCUT2D eigenvalue weighted by Crippen LogP contribution is 2.31. The molecule has 0 saturated carbocycles. The van der Waals surface area contributed by atoms with Crippen molar-refractivity contribution in [1.82, 2.24) is 0 Å². The molecule has 1 unspecified atom stereocenters. The Morgan fingerprint density at radius 2 is 2.18 bits per heavy atom. The van der Waals surface area contributed by atoms with Gasteiger partial charge in [0.2, 0.25) is 0 Å². The van der Waals surface area contributed by atoms with Crippen molar-refractivity contribution in [2.24, 2.45) is 5.92 Å². The molecule has 17 heavy (non-hydrogen) atoms. The molecule has 1 atom stereocenters. The minimum atomic E-state index is 0.611. The van der Waals surface area contributed by atoms with Crippen LogP contribution in [-0.4, -0.2) is 12.6 Å². The van der Waals surface area contributed by atoms with Crippen molar-refractivity contribution in [1.29, 1.82) is 0 Å². The van der Waals surface area contributed by atoms with E-state index in [0.717, 1.165) is 5.92 Å². The molecular weight excluding hydrogens is 230 g/mol. The van der Waals surface area contributed by atoms with Gasteiger partial charge in [0, 0.05) is 24.2 Å². The quantitative estimate of drug-likeness (QED) is 0.722. The van der Waals surface area contributed by atoms with E-state index < -0.39 is 0 Å². The minimum absolute atomic E-state index is 0.611. The van der Waals surface area contributed by atoms with Crippen LogP contribution in [0.5, 0.6) is 0 Å². The summed E-state index contributed by atoms with van der Waals surface area (Å²) in [5, 5.41) is 0. The summed E-state index contributed by atoms with van der Waals surface area (Å²) in [5.41, 5.74) is 3.93. The van der Waals surface area contributed by atoms with Gasteiger partial charge in [-0.25, -0.2) is 0 Å². The second-order valence-electron chi connectivity index (χ2n) is 5.39. The van der Waals surface area contributed by atoms with Crippen molar-refractivity contribution >= 4 is 17.3 Å². The number of halogens is 1. The predicted molar refractivity (Wildman–Crippen MR) is 75.9 cm³/mol. The first kappa shape index (κ1) is 12.8. The topological polar surface area (TPSA) is 3.24 Å². The molecule has 1 fully saturated rings. The second-order valence-corrected chi connectivity index (χ2v) is 5.66. The van der Waals surface area contributed by atoms with Gasteiger partial charge in [-0.15, -0.1) is 11.6 Å². The number of alkyl halides is 1. The van der Waals surface area contributed by atoms with Crippen LogP contribution in [0.3, 0.4) is 0 Å². The van der Waals surface area contributed by atoms with E-state index in [1.807, 2.05) is 0 Å². The lowest BCUT2D eigenvalue weighted by Crippen LogP contribution is -2.33. The van der Waals surface area contributed by atoms with E-state index >= 15 is 0 Å². The molecule has 0 aromatic heterocycles. The lowest BCUT2D eigenvalue weighted by atomic mass is 10.0. The first-order chi connectivity index (χ1) is 8.13. The van der Waals surface area contributed by atoms with Gasteiger partial charge < -0.3 is 4.90 Å². The average Bonchev–Trinajstić information content (AvgIpc) is 2.77. The molecule has 1 aliphatic heterocycles. The maximum atomic E-state index is 5.91. The molecule has 0 amide bonds. The Labute approximate surface area is 110 Å². The number of nitrogens with zero attached hydrogens (tertiary/aromatic N) is 1. The van der Waals surface area contributed by atoms with Gasteiger partial charge in [-0.3, -0.25) is 0 Å². The highest BCUT2D eigenvalue weighted by Gasteiger charge is 2.27. The Hall–Kier alpha value is -0.690. The smallest absolute Gasteiger partial charge is 0.0476 e. The third kappa shape index (κ3) is 2.60. The van der Waals surface area contributed by atoms with Gasteiger partial charge in [-0.2, -0.15) is 0 Å². The van der Waals surface area contributed by atoms with E-state index in [1.54, 1.807) is 0 Å². The summed E-state index contributed by atoms with van der Waals surface area (Å²) in [6.45, 7) is 8.00. The van der Waals surface area contributed by atoms with Crippen LogP contribution in [0.4, 0.5) is 5.69 Å². The van der Waals surface area contributed by atoms with Crippen LogP contribution < -0.4 is 4.90 Å². The Morgan fingerprint density at radius 1 is 1.41 bits per heavy atom. The maximum Gasteiger partial charge on any atom is 0.0476 e. The minimum Gasteiger partial charge on any atom is -0.368 e. The molecule has 1 aromatic carbocycles. The fourth-order valence-corrected chi connectivity index (χ4v) is 3.11. The summed E-state index contributed by atoms with van der Waals surface area (Å²) in [6, 6.07) is 7.40. The molecule has 0 radical (unpaired) electrons. The molecular formula is C15H22ClN. The highest BCUT2D eigenvalue weighted by molar-refractivity contribution is 6.17. The number of rotatable bonds is 3. The summed E-state index contributed by atoms with van der Waals surface area (Å²) < 4.78 is 0. The van der Waals surface area contributed by atoms with Crippen LogP contribution in [0.1, 0.15) is 37.8 Å². The van der Waals surface area contributed by atoms with Crippen molar-refractivity contribution in [3.8, 4) is 0 Å². The zero-order chi connectivity index (χ0) is 12.4. The molecule has 2 heteroatoms. The van der Waals surface area contributed by atoms with E-state index in [2.05, 4.69) is 43.9 Å². The largest absolute Gasteiger partial charge is 0.368 e. The summed E-state index contributed by atoms with van der Waals surface area (Å²) in [4.78, 5) is 2.57. The third-order valence-electron chi connectivity index (χ3n) is 3.87. The summed E-state index contributed by atoms with van der Waals surface area (Å²) in [7, 11) is 0. The number of benzene rings is 1. The van der Waals surface area contributed by atoms with Crippen molar-refractivity contribution in [2.45, 2.75) is 45.5 Å². The SMILES string of the molecule is Cc1cc(N2CCCC2C(C)C)ccc1CCl. The van der Waals surface area contributed by atoms with E-state index in [1.165, 1.54) is 36.2 Å². The van der Waals surface area contributed by atoms with Crippen molar-refractivity contribution in [3.63, 3.8) is 0 Å². The second kappa shape index (κ2) is 5.30. The zero-order valence-electron chi connectivity index (χ0n) is 11.0. The van der Waals surface area contributed by atoms with Crippen molar-refractivity contribution in [2.75, 3.05) is 11.4 Å².